The van der Waals surface area contributed by atoms with Crippen LogP contribution in [0.15, 0.2) is 52.9 Å². The molecule has 0 saturated heterocycles. The third-order valence-electron chi connectivity index (χ3n) is 3.96. The van der Waals surface area contributed by atoms with Crippen molar-refractivity contribution in [3.8, 4) is 17.2 Å². The quantitative estimate of drug-likeness (QED) is 0.655. The summed E-state index contributed by atoms with van der Waals surface area (Å²) < 4.78 is 11.6. The van der Waals surface area contributed by atoms with Crippen LogP contribution in [0.3, 0.4) is 0 Å². The molecule has 3 aromatic rings. The highest BCUT2D eigenvalue weighted by Crippen LogP contribution is 2.19. The van der Waals surface area contributed by atoms with Gasteiger partial charge in [-0.15, -0.1) is 10.2 Å². The fourth-order valence-electron chi connectivity index (χ4n) is 2.55. The highest BCUT2D eigenvalue weighted by Gasteiger charge is 2.11. The average Bonchev–Trinajstić information content (AvgIpc) is 3.05. The van der Waals surface area contributed by atoms with Gasteiger partial charge in [-0.3, -0.25) is 4.90 Å². The number of para-hydroxylation sites is 1. The minimum absolute atomic E-state index is 0.559. The molecule has 1 aromatic heterocycles. The van der Waals surface area contributed by atoms with Gasteiger partial charge in [0.25, 0.3) is 0 Å². The predicted molar refractivity (Wildman–Crippen MR) is 97.5 cm³/mol. The molecule has 2 aromatic carbocycles. The van der Waals surface area contributed by atoms with Gasteiger partial charge in [-0.1, -0.05) is 35.9 Å². The van der Waals surface area contributed by atoms with Gasteiger partial charge in [-0.05, 0) is 44.7 Å². The first-order chi connectivity index (χ1) is 12.1. The van der Waals surface area contributed by atoms with Crippen molar-refractivity contribution in [3.63, 3.8) is 0 Å². The Morgan fingerprint density at radius 3 is 2.68 bits per heavy atom. The van der Waals surface area contributed by atoms with E-state index in [-0.39, 0.29) is 0 Å². The lowest BCUT2D eigenvalue weighted by Gasteiger charge is -2.15. The highest BCUT2D eigenvalue weighted by molar-refractivity contribution is 5.53. The molecule has 1 heterocycles. The Bertz CT molecular complexity index is 829. The first-order valence-electron chi connectivity index (χ1n) is 8.38. The monoisotopic (exact) mass is 337 g/mol. The molecule has 5 nitrogen and oxygen atoms in total. The van der Waals surface area contributed by atoms with Gasteiger partial charge in [0.05, 0.1) is 6.54 Å². The zero-order valence-electron chi connectivity index (χ0n) is 14.9. The molecular formula is C20H23N3O2. The van der Waals surface area contributed by atoms with Crippen LogP contribution in [0.1, 0.15) is 17.0 Å². The van der Waals surface area contributed by atoms with Crippen LogP contribution in [0.2, 0.25) is 0 Å². The van der Waals surface area contributed by atoms with E-state index in [1.807, 2.05) is 69.4 Å². The standard InChI is InChI=1S/C20H23N3O2/c1-15-7-6-9-17(13-15)20-22-21-19(25-20)14-23(3)11-12-24-18-10-5-4-8-16(18)2/h4-10,13H,11-12,14H2,1-3H3. The number of aromatic nitrogens is 2. The molecule has 0 atom stereocenters. The Kier molecular flexibility index (Phi) is 5.46. The van der Waals surface area contributed by atoms with Crippen molar-refractivity contribution in [2.75, 3.05) is 20.2 Å². The van der Waals surface area contributed by atoms with E-state index in [0.29, 0.717) is 24.9 Å². The summed E-state index contributed by atoms with van der Waals surface area (Å²) in [6.07, 6.45) is 0. The fraction of sp³-hybridized carbons (Fsp3) is 0.300. The minimum atomic E-state index is 0.559. The number of aryl methyl sites for hydroxylation is 2. The number of hydrogen-bond acceptors (Lipinski definition) is 5. The van der Waals surface area contributed by atoms with Gasteiger partial charge in [0, 0.05) is 12.1 Å². The molecule has 130 valence electrons. The summed E-state index contributed by atoms with van der Waals surface area (Å²) in [7, 11) is 2.01. The van der Waals surface area contributed by atoms with Crippen LogP contribution in [0, 0.1) is 13.8 Å². The molecule has 5 heteroatoms. The third kappa shape index (κ3) is 4.67. The first-order valence-corrected chi connectivity index (χ1v) is 8.38. The van der Waals surface area contributed by atoms with Crippen molar-refractivity contribution in [1.82, 2.24) is 15.1 Å². The molecule has 25 heavy (non-hydrogen) atoms. The van der Waals surface area contributed by atoms with Gasteiger partial charge in [0.2, 0.25) is 11.8 Å². The van der Waals surface area contributed by atoms with E-state index in [9.17, 15) is 0 Å². The normalized spacial score (nSPS) is 11.0. The molecule has 0 aliphatic rings. The Morgan fingerprint density at radius 2 is 1.88 bits per heavy atom. The summed E-state index contributed by atoms with van der Waals surface area (Å²) in [5.41, 5.74) is 3.26. The topological polar surface area (TPSA) is 51.4 Å². The highest BCUT2D eigenvalue weighted by atomic mass is 16.5. The smallest absolute Gasteiger partial charge is 0.247 e. The van der Waals surface area contributed by atoms with Gasteiger partial charge >= 0.3 is 0 Å². The third-order valence-corrected chi connectivity index (χ3v) is 3.96. The van der Waals surface area contributed by atoms with E-state index < -0.39 is 0 Å². The van der Waals surface area contributed by atoms with Gasteiger partial charge < -0.3 is 9.15 Å². The van der Waals surface area contributed by atoms with Crippen molar-refractivity contribution in [1.29, 1.82) is 0 Å². The second kappa shape index (κ2) is 7.94. The zero-order chi connectivity index (χ0) is 17.6. The summed E-state index contributed by atoms with van der Waals surface area (Å²) >= 11 is 0. The molecular weight excluding hydrogens is 314 g/mol. The molecule has 0 amide bonds. The lowest BCUT2D eigenvalue weighted by Crippen LogP contribution is -2.24. The first kappa shape index (κ1) is 17.2. The van der Waals surface area contributed by atoms with Crippen LogP contribution in [0.5, 0.6) is 5.75 Å². The van der Waals surface area contributed by atoms with Crippen molar-refractivity contribution in [2.24, 2.45) is 0 Å². The lowest BCUT2D eigenvalue weighted by atomic mass is 10.1. The Hall–Kier alpha value is -2.66. The molecule has 0 aliphatic carbocycles. The molecule has 3 rings (SSSR count). The zero-order valence-corrected chi connectivity index (χ0v) is 14.9. The van der Waals surface area contributed by atoms with Crippen LogP contribution in [0.25, 0.3) is 11.5 Å². The molecule has 0 radical (unpaired) electrons. The number of ether oxygens (including phenoxy) is 1. The van der Waals surface area contributed by atoms with Crippen LogP contribution >= 0.6 is 0 Å². The average molecular weight is 337 g/mol. The molecule has 0 spiro atoms. The lowest BCUT2D eigenvalue weighted by molar-refractivity contribution is 0.219. The fourth-order valence-corrected chi connectivity index (χ4v) is 2.55. The van der Waals surface area contributed by atoms with E-state index in [4.69, 9.17) is 9.15 Å². The summed E-state index contributed by atoms with van der Waals surface area (Å²) in [6, 6.07) is 16.1. The number of nitrogens with zero attached hydrogens (tertiary/aromatic N) is 3. The van der Waals surface area contributed by atoms with Gasteiger partial charge in [-0.2, -0.15) is 0 Å². The number of hydrogen-bond donors (Lipinski definition) is 0. The van der Waals surface area contributed by atoms with Gasteiger partial charge in [0.1, 0.15) is 12.4 Å². The number of likely N-dealkylation sites (N-methyl/N-ethyl adjacent to an activating group) is 1. The Labute approximate surface area is 148 Å². The van der Waals surface area contributed by atoms with E-state index in [0.717, 1.165) is 23.4 Å². The largest absolute Gasteiger partial charge is 0.492 e. The van der Waals surface area contributed by atoms with Gasteiger partial charge in [0.15, 0.2) is 0 Å². The second-order valence-corrected chi connectivity index (χ2v) is 6.22. The van der Waals surface area contributed by atoms with Crippen molar-refractivity contribution in [3.05, 3.63) is 65.5 Å². The maximum atomic E-state index is 5.82. The van der Waals surface area contributed by atoms with Crippen LogP contribution in [-0.2, 0) is 6.54 Å². The SMILES string of the molecule is Cc1cccc(-c2nnc(CN(C)CCOc3ccccc3C)o2)c1. The molecule has 0 N–H and O–H groups in total. The molecule has 0 fully saturated rings. The summed E-state index contributed by atoms with van der Waals surface area (Å²) in [6.45, 7) is 6.07. The Morgan fingerprint density at radius 1 is 1.04 bits per heavy atom. The van der Waals surface area contributed by atoms with E-state index in [1.165, 1.54) is 5.56 Å². The van der Waals surface area contributed by atoms with E-state index >= 15 is 0 Å². The maximum absolute atomic E-state index is 5.82. The number of benzene rings is 2. The summed E-state index contributed by atoms with van der Waals surface area (Å²) in [4.78, 5) is 2.10. The van der Waals surface area contributed by atoms with Crippen molar-refractivity contribution >= 4 is 0 Å². The van der Waals surface area contributed by atoms with Crippen LogP contribution in [0.4, 0.5) is 0 Å². The second-order valence-electron chi connectivity index (χ2n) is 6.22. The van der Waals surface area contributed by atoms with E-state index in [1.54, 1.807) is 0 Å². The number of rotatable bonds is 7. The summed E-state index contributed by atoms with van der Waals surface area (Å²) in [5, 5.41) is 8.29. The molecule has 0 saturated carbocycles. The molecule has 0 aliphatic heterocycles. The van der Waals surface area contributed by atoms with Crippen molar-refractivity contribution < 1.29 is 9.15 Å². The van der Waals surface area contributed by atoms with Crippen LogP contribution in [-0.4, -0.2) is 35.3 Å². The summed E-state index contributed by atoms with van der Waals surface area (Å²) in [5.74, 6) is 2.09. The van der Waals surface area contributed by atoms with Gasteiger partial charge in [-0.25, -0.2) is 0 Å². The van der Waals surface area contributed by atoms with Crippen LogP contribution < -0.4 is 4.74 Å². The predicted octanol–water partition coefficient (Wildman–Crippen LogP) is 3.86. The minimum Gasteiger partial charge on any atom is -0.492 e. The maximum Gasteiger partial charge on any atom is 0.247 e. The van der Waals surface area contributed by atoms with Crippen molar-refractivity contribution in [2.45, 2.75) is 20.4 Å². The molecule has 0 unspecified atom stereocenters. The van der Waals surface area contributed by atoms with E-state index in [2.05, 4.69) is 15.1 Å². The molecule has 0 bridgehead atoms. The Balaban J connectivity index is 1.52.